The van der Waals surface area contributed by atoms with Gasteiger partial charge in [0, 0.05) is 30.1 Å². The van der Waals surface area contributed by atoms with Crippen LogP contribution in [-0.2, 0) is 10.8 Å². The van der Waals surface area contributed by atoms with Gasteiger partial charge in [0.1, 0.15) is 17.4 Å². The number of hydrogen-bond donors (Lipinski definition) is 0. The van der Waals surface area contributed by atoms with Gasteiger partial charge < -0.3 is 9.64 Å². The standard InChI is InChI=1S/C28H34N2O2/c1-27(2,3)21-15-20(16-22(17-21)28(4,5)6)26(31)30-14-12-23(18-30)32-24-11-7-9-19-10-8-13-29-25(19)24/h7-11,13,15-17,23H,12,14,18H2,1-6H3. The zero-order chi connectivity index (χ0) is 23.1. The summed E-state index contributed by atoms with van der Waals surface area (Å²) < 4.78 is 6.30. The van der Waals surface area contributed by atoms with Crippen LogP contribution in [0.4, 0.5) is 0 Å². The van der Waals surface area contributed by atoms with Crippen LogP contribution in [0.1, 0.15) is 69.4 Å². The fourth-order valence-corrected chi connectivity index (χ4v) is 4.16. The molecule has 2 aromatic carbocycles. The molecular weight excluding hydrogens is 396 g/mol. The smallest absolute Gasteiger partial charge is 0.254 e. The molecule has 1 aromatic heterocycles. The lowest BCUT2D eigenvalue weighted by atomic mass is 9.79. The molecule has 3 aromatic rings. The SMILES string of the molecule is CC(C)(C)c1cc(C(=O)N2CCC(Oc3cccc4cccnc34)C2)cc(C(C)(C)C)c1. The van der Waals surface area contributed by atoms with Crippen molar-refractivity contribution in [1.82, 2.24) is 9.88 Å². The lowest BCUT2D eigenvalue weighted by molar-refractivity contribution is 0.0772. The molecule has 32 heavy (non-hydrogen) atoms. The average Bonchev–Trinajstić information content (AvgIpc) is 3.20. The van der Waals surface area contributed by atoms with Crippen molar-refractivity contribution in [2.45, 2.75) is 64.9 Å². The minimum absolute atomic E-state index is 0.0195. The number of pyridine rings is 1. The van der Waals surface area contributed by atoms with Crippen LogP contribution in [0.15, 0.2) is 54.7 Å². The molecule has 2 heterocycles. The van der Waals surface area contributed by atoms with Crippen LogP contribution >= 0.6 is 0 Å². The highest BCUT2D eigenvalue weighted by Gasteiger charge is 2.30. The zero-order valence-corrected chi connectivity index (χ0v) is 20.1. The third-order valence-corrected chi connectivity index (χ3v) is 6.23. The molecule has 1 fully saturated rings. The van der Waals surface area contributed by atoms with E-state index in [2.05, 4.69) is 64.7 Å². The predicted octanol–water partition coefficient (Wildman–Crippen LogP) is 6.12. The monoisotopic (exact) mass is 430 g/mol. The second kappa shape index (κ2) is 8.23. The second-order valence-corrected chi connectivity index (χ2v) is 10.9. The first-order valence-corrected chi connectivity index (χ1v) is 11.5. The van der Waals surface area contributed by atoms with Crippen molar-refractivity contribution in [2.24, 2.45) is 0 Å². The number of ether oxygens (including phenoxy) is 1. The summed E-state index contributed by atoms with van der Waals surface area (Å²) in [5.74, 6) is 0.871. The van der Waals surface area contributed by atoms with Crippen LogP contribution in [0.3, 0.4) is 0 Å². The maximum absolute atomic E-state index is 13.5. The first kappa shape index (κ1) is 22.3. The van der Waals surface area contributed by atoms with Crippen LogP contribution in [0, 0.1) is 0 Å². The lowest BCUT2D eigenvalue weighted by Crippen LogP contribution is -2.31. The summed E-state index contributed by atoms with van der Waals surface area (Å²) in [7, 11) is 0. The molecule has 4 rings (SSSR count). The Kier molecular flexibility index (Phi) is 5.74. The van der Waals surface area contributed by atoms with Gasteiger partial charge in [-0.2, -0.15) is 0 Å². The van der Waals surface area contributed by atoms with Crippen molar-refractivity contribution in [2.75, 3.05) is 13.1 Å². The number of carbonyl (C=O) groups excluding carboxylic acids is 1. The normalized spacial score (nSPS) is 17.1. The van der Waals surface area contributed by atoms with Gasteiger partial charge in [0.15, 0.2) is 0 Å². The molecule has 1 unspecified atom stereocenters. The fraction of sp³-hybridized carbons (Fsp3) is 0.429. The Balaban J connectivity index is 1.55. The minimum Gasteiger partial charge on any atom is -0.486 e. The summed E-state index contributed by atoms with van der Waals surface area (Å²) >= 11 is 0. The van der Waals surface area contributed by atoms with Gasteiger partial charge in [-0.05, 0) is 46.2 Å². The number of aromatic nitrogens is 1. The van der Waals surface area contributed by atoms with Gasteiger partial charge in [-0.25, -0.2) is 0 Å². The molecule has 0 saturated carbocycles. The van der Waals surface area contributed by atoms with Gasteiger partial charge in [0.25, 0.3) is 5.91 Å². The molecule has 4 nitrogen and oxygen atoms in total. The van der Waals surface area contributed by atoms with E-state index in [-0.39, 0.29) is 22.8 Å². The quantitative estimate of drug-likeness (QED) is 0.502. The summed E-state index contributed by atoms with van der Waals surface area (Å²) in [6.07, 6.45) is 2.58. The summed E-state index contributed by atoms with van der Waals surface area (Å²) in [4.78, 5) is 19.9. The number of hydrogen-bond acceptors (Lipinski definition) is 3. The van der Waals surface area contributed by atoms with E-state index in [9.17, 15) is 4.79 Å². The first-order chi connectivity index (χ1) is 15.0. The first-order valence-electron chi connectivity index (χ1n) is 11.5. The van der Waals surface area contributed by atoms with Crippen LogP contribution in [0.2, 0.25) is 0 Å². The van der Waals surface area contributed by atoms with Crippen molar-refractivity contribution >= 4 is 16.8 Å². The van der Waals surface area contributed by atoms with E-state index in [4.69, 9.17) is 4.74 Å². The van der Waals surface area contributed by atoms with Gasteiger partial charge >= 0.3 is 0 Å². The van der Waals surface area contributed by atoms with E-state index in [1.54, 1.807) is 6.20 Å². The fourth-order valence-electron chi connectivity index (χ4n) is 4.16. The molecule has 1 amide bonds. The Bertz CT molecular complexity index is 1100. The largest absolute Gasteiger partial charge is 0.486 e. The molecule has 0 N–H and O–H groups in total. The Morgan fingerprint density at radius 1 is 0.969 bits per heavy atom. The molecule has 1 atom stereocenters. The summed E-state index contributed by atoms with van der Waals surface area (Å²) in [5.41, 5.74) is 3.99. The van der Waals surface area contributed by atoms with Gasteiger partial charge in [0.2, 0.25) is 0 Å². The van der Waals surface area contributed by atoms with Gasteiger partial charge in [-0.3, -0.25) is 9.78 Å². The third-order valence-electron chi connectivity index (χ3n) is 6.23. The van der Waals surface area contributed by atoms with E-state index < -0.39 is 0 Å². The molecule has 1 saturated heterocycles. The Labute approximate surface area is 191 Å². The van der Waals surface area contributed by atoms with Gasteiger partial charge in [-0.1, -0.05) is 65.8 Å². The number of benzene rings is 2. The molecule has 1 aliphatic heterocycles. The molecule has 0 radical (unpaired) electrons. The van der Waals surface area contributed by atoms with E-state index in [1.807, 2.05) is 35.2 Å². The Morgan fingerprint density at radius 2 is 1.62 bits per heavy atom. The molecular formula is C28H34N2O2. The number of fused-ring (bicyclic) bond motifs is 1. The number of amides is 1. The highest BCUT2D eigenvalue weighted by molar-refractivity contribution is 5.95. The number of para-hydroxylation sites is 1. The second-order valence-electron chi connectivity index (χ2n) is 10.9. The van der Waals surface area contributed by atoms with Crippen molar-refractivity contribution in [3.8, 4) is 5.75 Å². The van der Waals surface area contributed by atoms with Crippen LogP contribution < -0.4 is 4.74 Å². The van der Waals surface area contributed by atoms with Crippen LogP contribution in [0.5, 0.6) is 5.75 Å². The summed E-state index contributed by atoms with van der Waals surface area (Å²) in [6.45, 7) is 14.5. The number of carbonyl (C=O) groups is 1. The average molecular weight is 431 g/mol. The van der Waals surface area contributed by atoms with E-state index in [1.165, 1.54) is 11.1 Å². The van der Waals surface area contributed by atoms with Crippen molar-refractivity contribution in [3.05, 3.63) is 71.4 Å². The molecule has 0 spiro atoms. The third kappa shape index (κ3) is 4.64. The maximum Gasteiger partial charge on any atom is 0.254 e. The highest BCUT2D eigenvalue weighted by Crippen LogP contribution is 2.32. The summed E-state index contributed by atoms with van der Waals surface area (Å²) in [5, 5.41) is 1.06. The Hall–Kier alpha value is -2.88. The van der Waals surface area contributed by atoms with Crippen molar-refractivity contribution < 1.29 is 9.53 Å². The van der Waals surface area contributed by atoms with Gasteiger partial charge in [0.05, 0.1) is 6.54 Å². The maximum atomic E-state index is 13.5. The van der Waals surface area contributed by atoms with Crippen molar-refractivity contribution in [3.63, 3.8) is 0 Å². The van der Waals surface area contributed by atoms with Crippen molar-refractivity contribution in [1.29, 1.82) is 0 Å². The minimum atomic E-state index is -0.0283. The Morgan fingerprint density at radius 3 is 2.28 bits per heavy atom. The van der Waals surface area contributed by atoms with Crippen LogP contribution in [-0.4, -0.2) is 35.0 Å². The predicted molar refractivity (Wildman–Crippen MR) is 131 cm³/mol. The molecule has 0 bridgehead atoms. The molecule has 168 valence electrons. The topological polar surface area (TPSA) is 42.4 Å². The summed E-state index contributed by atoms with van der Waals surface area (Å²) in [6, 6.07) is 16.3. The van der Waals surface area contributed by atoms with Gasteiger partial charge in [-0.15, -0.1) is 0 Å². The number of rotatable bonds is 3. The van der Waals surface area contributed by atoms with E-state index in [0.29, 0.717) is 13.1 Å². The number of likely N-dealkylation sites (tertiary alicyclic amines) is 1. The number of nitrogens with zero attached hydrogens (tertiary/aromatic N) is 2. The van der Waals surface area contributed by atoms with Crippen LogP contribution in [0.25, 0.3) is 10.9 Å². The molecule has 1 aliphatic rings. The molecule has 0 aliphatic carbocycles. The highest BCUT2D eigenvalue weighted by atomic mass is 16.5. The molecule has 4 heteroatoms. The van der Waals surface area contributed by atoms with E-state index in [0.717, 1.165) is 28.6 Å². The lowest BCUT2D eigenvalue weighted by Gasteiger charge is -2.27. The van der Waals surface area contributed by atoms with E-state index >= 15 is 0 Å². The zero-order valence-electron chi connectivity index (χ0n) is 20.1.